The van der Waals surface area contributed by atoms with Crippen LogP contribution in [-0.4, -0.2) is 65.1 Å². The maximum atomic E-state index is 5.64. The minimum Gasteiger partial charge on any atom is -0.382 e. The van der Waals surface area contributed by atoms with Gasteiger partial charge in [-0.3, -0.25) is 0 Å². The number of hydrogen-bond donors (Lipinski definition) is 0. The molecule has 2 rings (SSSR count). The van der Waals surface area contributed by atoms with Crippen LogP contribution in [0.15, 0.2) is 0 Å². The third-order valence-electron chi connectivity index (χ3n) is 5.68. The molecule has 1 saturated heterocycles. The van der Waals surface area contributed by atoms with Gasteiger partial charge in [-0.2, -0.15) is 0 Å². The molecule has 2 fully saturated rings. The fourth-order valence-electron chi connectivity index (χ4n) is 3.81. The molecule has 1 aliphatic carbocycles. The first-order valence-corrected chi connectivity index (χ1v) is 11.6. The molecule has 1 heterocycles. The van der Waals surface area contributed by atoms with Crippen LogP contribution in [0.4, 0.5) is 0 Å². The van der Waals surface area contributed by atoms with Crippen LogP contribution in [0.2, 0.25) is 0 Å². The summed E-state index contributed by atoms with van der Waals surface area (Å²) in [5.74, 6) is 1.89. The van der Waals surface area contributed by atoms with Crippen molar-refractivity contribution in [2.75, 3.05) is 52.9 Å². The lowest BCUT2D eigenvalue weighted by Gasteiger charge is -2.27. The van der Waals surface area contributed by atoms with Crippen LogP contribution < -0.4 is 0 Å². The van der Waals surface area contributed by atoms with Crippen molar-refractivity contribution < 1.29 is 23.7 Å². The van der Waals surface area contributed by atoms with Gasteiger partial charge in [0.1, 0.15) is 0 Å². The molecule has 0 bridgehead atoms. The Kier molecular flexibility index (Phi) is 15.3. The molecule has 0 radical (unpaired) electrons. The summed E-state index contributed by atoms with van der Waals surface area (Å²) >= 11 is 0. The van der Waals surface area contributed by atoms with Crippen molar-refractivity contribution in [3.8, 4) is 0 Å². The second kappa shape index (κ2) is 16.6. The zero-order valence-corrected chi connectivity index (χ0v) is 19.1. The van der Waals surface area contributed by atoms with Crippen LogP contribution >= 0.6 is 0 Å². The molecule has 168 valence electrons. The van der Waals surface area contributed by atoms with E-state index in [4.69, 9.17) is 23.7 Å². The standard InChI is InChI=1S/C16H34O4.C7H12O/c1-5-17-11-9-15(13-19-7-3)16(14-20-8-4)10-12-18-6-2;1-5-2-3-6-7(4-5)8-6/h15-16H,5-14H2,1-4H3;5-7H,2-4H2,1H3. The van der Waals surface area contributed by atoms with E-state index in [0.29, 0.717) is 24.0 Å². The summed E-state index contributed by atoms with van der Waals surface area (Å²) in [6, 6.07) is 0. The number of epoxide rings is 1. The van der Waals surface area contributed by atoms with E-state index in [1.165, 1.54) is 19.3 Å². The van der Waals surface area contributed by atoms with Crippen molar-refractivity contribution in [2.45, 2.75) is 78.9 Å². The van der Waals surface area contributed by atoms with Gasteiger partial charge in [0.2, 0.25) is 0 Å². The summed E-state index contributed by atoms with van der Waals surface area (Å²) in [5.41, 5.74) is 0. The van der Waals surface area contributed by atoms with Crippen molar-refractivity contribution in [3.63, 3.8) is 0 Å². The molecule has 0 N–H and O–H groups in total. The molecular weight excluding hydrogens is 356 g/mol. The lowest BCUT2D eigenvalue weighted by Crippen LogP contribution is -2.27. The molecule has 5 unspecified atom stereocenters. The zero-order chi connectivity index (χ0) is 20.6. The minimum atomic E-state index is 0.480. The van der Waals surface area contributed by atoms with Crippen LogP contribution in [0.1, 0.15) is 66.7 Å². The van der Waals surface area contributed by atoms with E-state index in [1.807, 2.05) is 27.7 Å². The molecule has 0 spiro atoms. The van der Waals surface area contributed by atoms with Crippen molar-refractivity contribution in [2.24, 2.45) is 17.8 Å². The van der Waals surface area contributed by atoms with E-state index in [1.54, 1.807) is 0 Å². The highest BCUT2D eigenvalue weighted by atomic mass is 16.6. The second-order valence-corrected chi connectivity index (χ2v) is 7.94. The molecular formula is C23H46O5. The molecule has 1 saturated carbocycles. The molecule has 0 amide bonds. The smallest absolute Gasteiger partial charge is 0.0844 e. The van der Waals surface area contributed by atoms with Crippen molar-refractivity contribution >= 4 is 0 Å². The molecule has 28 heavy (non-hydrogen) atoms. The fraction of sp³-hybridized carbons (Fsp3) is 1.00. The van der Waals surface area contributed by atoms with Gasteiger partial charge in [-0.15, -0.1) is 0 Å². The van der Waals surface area contributed by atoms with Crippen LogP contribution in [0.3, 0.4) is 0 Å². The molecule has 0 aromatic rings. The minimum absolute atomic E-state index is 0.480. The Labute approximate surface area is 173 Å². The third-order valence-corrected chi connectivity index (χ3v) is 5.68. The number of rotatable bonds is 15. The lowest BCUT2D eigenvalue weighted by molar-refractivity contribution is 0.00830. The Balaban J connectivity index is 0.000000395. The average molecular weight is 403 g/mol. The summed E-state index contributed by atoms with van der Waals surface area (Å²) in [4.78, 5) is 0. The average Bonchev–Trinajstić information content (AvgIpc) is 3.46. The molecule has 5 nitrogen and oxygen atoms in total. The number of fused-ring (bicyclic) bond motifs is 1. The Bertz CT molecular complexity index is 332. The van der Waals surface area contributed by atoms with Gasteiger partial charge in [0.25, 0.3) is 0 Å². The molecule has 2 aliphatic rings. The highest BCUT2D eigenvalue weighted by Gasteiger charge is 2.42. The Morgan fingerprint density at radius 2 is 1.21 bits per heavy atom. The monoisotopic (exact) mass is 402 g/mol. The van der Waals surface area contributed by atoms with Crippen LogP contribution in [0.25, 0.3) is 0 Å². The van der Waals surface area contributed by atoms with E-state index >= 15 is 0 Å². The summed E-state index contributed by atoms with van der Waals surface area (Å²) in [6.07, 6.45) is 7.46. The molecule has 5 heteroatoms. The summed E-state index contributed by atoms with van der Waals surface area (Å²) in [7, 11) is 0. The van der Waals surface area contributed by atoms with Crippen LogP contribution in [0.5, 0.6) is 0 Å². The maximum Gasteiger partial charge on any atom is 0.0844 e. The zero-order valence-electron chi connectivity index (χ0n) is 19.1. The number of hydrogen-bond acceptors (Lipinski definition) is 5. The first kappa shape index (κ1) is 25.8. The van der Waals surface area contributed by atoms with E-state index in [0.717, 1.165) is 71.6 Å². The second-order valence-electron chi connectivity index (χ2n) is 7.94. The molecule has 0 aromatic carbocycles. The highest BCUT2D eigenvalue weighted by Crippen LogP contribution is 2.38. The molecule has 5 atom stereocenters. The Hall–Kier alpha value is -0.200. The third kappa shape index (κ3) is 11.7. The van der Waals surface area contributed by atoms with Gasteiger partial charge in [-0.25, -0.2) is 0 Å². The maximum absolute atomic E-state index is 5.64. The van der Waals surface area contributed by atoms with Gasteiger partial charge in [0.15, 0.2) is 0 Å². The molecule has 0 aromatic heterocycles. The van der Waals surface area contributed by atoms with Crippen molar-refractivity contribution in [1.82, 2.24) is 0 Å². The van der Waals surface area contributed by atoms with Crippen LogP contribution in [-0.2, 0) is 23.7 Å². The predicted molar refractivity (Wildman–Crippen MR) is 114 cm³/mol. The lowest BCUT2D eigenvalue weighted by atomic mass is 9.88. The quantitative estimate of drug-likeness (QED) is 0.293. The Morgan fingerprint density at radius 1 is 0.714 bits per heavy atom. The fourth-order valence-corrected chi connectivity index (χ4v) is 3.81. The van der Waals surface area contributed by atoms with Gasteiger partial charge in [0.05, 0.1) is 12.2 Å². The molecule has 1 aliphatic heterocycles. The van der Waals surface area contributed by atoms with Crippen LogP contribution in [0, 0.1) is 17.8 Å². The Morgan fingerprint density at radius 3 is 1.61 bits per heavy atom. The van der Waals surface area contributed by atoms with Gasteiger partial charge in [-0.05, 0) is 77.6 Å². The van der Waals surface area contributed by atoms with Crippen molar-refractivity contribution in [3.05, 3.63) is 0 Å². The summed E-state index contributed by atoms with van der Waals surface area (Å²) in [5, 5.41) is 0. The van der Waals surface area contributed by atoms with E-state index in [-0.39, 0.29) is 0 Å². The van der Waals surface area contributed by atoms with Gasteiger partial charge >= 0.3 is 0 Å². The first-order chi connectivity index (χ1) is 13.7. The van der Waals surface area contributed by atoms with Crippen molar-refractivity contribution in [1.29, 1.82) is 0 Å². The van der Waals surface area contributed by atoms with Gasteiger partial charge in [0, 0.05) is 52.9 Å². The van der Waals surface area contributed by atoms with Gasteiger partial charge < -0.3 is 23.7 Å². The summed E-state index contributed by atoms with van der Waals surface area (Å²) in [6.45, 7) is 16.7. The highest BCUT2D eigenvalue weighted by molar-refractivity contribution is 4.90. The number of ether oxygens (including phenoxy) is 5. The SMILES string of the molecule is CC1CCC2OC2C1.CCOCCC(COCC)C(CCOCC)COCC. The van der Waals surface area contributed by atoms with E-state index < -0.39 is 0 Å². The van der Waals surface area contributed by atoms with E-state index in [2.05, 4.69) is 6.92 Å². The summed E-state index contributed by atoms with van der Waals surface area (Å²) < 4.78 is 27.6. The predicted octanol–water partition coefficient (Wildman–Crippen LogP) is 4.72. The topological polar surface area (TPSA) is 49.5 Å². The normalized spacial score (nSPS) is 25.4. The van der Waals surface area contributed by atoms with Gasteiger partial charge in [-0.1, -0.05) is 6.92 Å². The first-order valence-electron chi connectivity index (χ1n) is 11.6. The largest absolute Gasteiger partial charge is 0.382 e. The van der Waals surface area contributed by atoms with E-state index in [9.17, 15) is 0 Å².